The van der Waals surface area contributed by atoms with Crippen molar-refractivity contribution in [2.24, 2.45) is 34.5 Å². The van der Waals surface area contributed by atoms with Gasteiger partial charge in [-0.2, -0.15) is 0 Å². The van der Waals surface area contributed by atoms with Crippen LogP contribution in [0, 0.1) is 34.5 Å². The van der Waals surface area contributed by atoms with E-state index in [0.29, 0.717) is 36.1 Å². The average Bonchev–Trinajstić information content (AvgIpc) is 3.07. The van der Waals surface area contributed by atoms with Crippen LogP contribution in [0.15, 0.2) is 0 Å². The van der Waals surface area contributed by atoms with Gasteiger partial charge in [-0.05, 0) is 101 Å². The molecule has 3 aliphatic carbocycles. The second-order valence-electron chi connectivity index (χ2n) is 12.6. The third-order valence-corrected chi connectivity index (χ3v) is 10.2. The van der Waals surface area contributed by atoms with Crippen molar-refractivity contribution in [3.8, 4) is 0 Å². The fourth-order valence-corrected chi connectivity index (χ4v) is 8.63. The van der Waals surface area contributed by atoms with Gasteiger partial charge in [0.1, 0.15) is 0 Å². The van der Waals surface area contributed by atoms with Crippen molar-refractivity contribution < 1.29 is 14.4 Å². The van der Waals surface area contributed by atoms with Gasteiger partial charge in [-0.25, -0.2) is 4.79 Å². The topological polar surface area (TPSA) is 69.7 Å². The predicted molar refractivity (Wildman–Crippen MR) is 129 cm³/mol. The molecule has 0 bridgehead atoms. The first-order valence-electron chi connectivity index (χ1n) is 13.3. The van der Waals surface area contributed by atoms with E-state index in [4.69, 9.17) is 0 Å². The smallest absolute Gasteiger partial charge is 0.324 e. The number of nitrogens with one attached hydrogen (secondary N) is 1. The number of carbonyl (C=O) groups excluding carboxylic acids is 3. The summed E-state index contributed by atoms with van der Waals surface area (Å²) in [6.45, 7) is 12.5. The monoisotopic (exact) mass is 459 g/mol. The molecule has 4 fully saturated rings. The maximum atomic E-state index is 13.8. The van der Waals surface area contributed by atoms with Crippen molar-refractivity contribution in [1.29, 1.82) is 0 Å². The first kappa shape index (κ1) is 24.5. The zero-order valence-corrected chi connectivity index (χ0v) is 21.8. The van der Waals surface area contributed by atoms with Gasteiger partial charge in [-0.1, -0.05) is 13.8 Å². The van der Waals surface area contributed by atoms with Gasteiger partial charge in [0.2, 0.25) is 11.8 Å². The standard InChI is InChI=1S/C27H45N3O3/c1-16(2)28-25(33)30(17(3)4)24(32)21-10-9-19-18-8-11-22-27(6,15-13-23(31)29(22)7)20(18)12-14-26(19,21)5/h16-22H,8-15H2,1-7H3,(H,28,33)/t18-,19-,20+,21?,22?,26-,27+/m0/s1. The van der Waals surface area contributed by atoms with E-state index in [-0.39, 0.29) is 40.8 Å². The van der Waals surface area contributed by atoms with Gasteiger partial charge in [-0.15, -0.1) is 0 Å². The number of rotatable bonds is 3. The highest BCUT2D eigenvalue weighted by atomic mass is 16.2. The fourth-order valence-electron chi connectivity index (χ4n) is 8.63. The quantitative estimate of drug-likeness (QED) is 0.658. The van der Waals surface area contributed by atoms with Gasteiger partial charge in [0, 0.05) is 37.5 Å². The Morgan fingerprint density at radius 1 is 0.970 bits per heavy atom. The lowest BCUT2D eigenvalue weighted by Gasteiger charge is -2.61. The Labute approximate surface area is 200 Å². The molecular formula is C27H45N3O3. The molecule has 1 heterocycles. The molecule has 0 spiro atoms. The second-order valence-corrected chi connectivity index (χ2v) is 12.6. The number of nitrogens with zero attached hydrogens (tertiary/aromatic N) is 2. The summed E-state index contributed by atoms with van der Waals surface area (Å²) in [5.41, 5.74) is 0.152. The summed E-state index contributed by atoms with van der Waals surface area (Å²) in [6, 6.07) is -0.0433. The lowest BCUT2D eigenvalue weighted by atomic mass is 9.47. The molecule has 33 heavy (non-hydrogen) atoms. The molecule has 0 aromatic rings. The molecule has 1 saturated heterocycles. The molecule has 4 rings (SSSR count). The van der Waals surface area contributed by atoms with E-state index < -0.39 is 0 Å². The van der Waals surface area contributed by atoms with Gasteiger partial charge < -0.3 is 10.2 Å². The largest absolute Gasteiger partial charge is 0.342 e. The van der Waals surface area contributed by atoms with E-state index >= 15 is 0 Å². The Balaban J connectivity index is 1.56. The van der Waals surface area contributed by atoms with Crippen LogP contribution in [0.25, 0.3) is 0 Å². The van der Waals surface area contributed by atoms with Crippen LogP contribution in [0.3, 0.4) is 0 Å². The molecular weight excluding hydrogens is 414 g/mol. The molecule has 2 unspecified atom stereocenters. The number of piperidine rings is 1. The van der Waals surface area contributed by atoms with Crippen LogP contribution in [0.1, 0.15) is 92.9 Å². The predicted octanol–water partition coefficient (Wildman–Crippen LogP) is 4.82. The van der Waals surface area contributed by atoms with Crippen molar-refractivity contribution in [3.63, 3.8) is 0 Å². The Morgan fingerprint density at radius 2 is 1.64 bits per heavy atom. The highest BCUT2D eigenvalue weighted by Gasteiger charge is 2.62. The molecule has 3 saturated carbocycles. The maximum Gasteiger partial charge on any atom is 0.324 e. The summed E-state index contributed by atoms with van der Waals surface area (Å²) in [4.78, 5) is 42.7. The highest BCUT2D eigenvalue weighted by molar-refractivity contribution is 5.96. The zero-order valence-electron chi connectivity index (χ0n) is 21.8. The molecule has 0 aromatic heterocycles. The third kappa shape index (κ3) is 3.80. The van der Waals surface area contributed by atoms with Crippen LogP contribution < -0.4 is 5.32 Å². The molecule has 4 aliphatic rings. The van der Waals surface area contributed by atoms with Gasteiger partial charge in [-0.3, -0.25) is 14.5 Å². The van der Waals surface area contributed by atoms with Crippen LogP contribution in [0.5, 0.6) is 0 Å². The minimum atomic E-state index is -0.256. The zero-order chi connectivity index (χ0) is 24.3. The van der Waals surface area contributed by atoms with Gasteiger partial charge in [0.05, 0.1) is 0 Å². The van der Waals surface area contributed by atoms with Crippen molar-refractivity contribution in [1.82, 2.24) is 15.1 Å². The highest BCUT2D eigenvalue weighted by Crippen LogP contribution is 2.66. The lowest BCUT2D eigenvalue weighted by molar-refractivity contribution is -0.161. The minimum Gasteiger partial charge on any atom is -0.342 e. The first-order valence-corrected chi connectivity index (χ1v) is 13.3. The average molecular weight is 460 g/mol. The minimum absolute atomic E-state index is 0.00494. The van der Waals surface area contributed by atoms with Gasteiger partial charge in [0.15, 0.2) is 0 Å². The normalized spacial score (nSPS) is 40.3. The summed E-state index contributed by atoms with van der Waals surface area (Å²) in [5, 5.41) is 2.94. The Morgan fingerprint density at radius 3 is 2.27 bits per heavy atom. The van der Waals surface area contributed by atoms with Crippen LogP contribution >= 0.6 is 0 Å². The van der Waals surface area contributed by atoms with Crippen molar-refractivity contribution >= 4 is 17.8 Å². The molecule has 1 N–H and O–H groups in total. The number of amides is 4. The lowest BCUT2D eigenvalue weighted by Crippen LogP contribution is -2.61. The Bertz CT molecular complexity index is 810. The van der Waals surface area contributed by atoms with E-state index in [2.05, 4.69) is 19.2 Å². The van der Waals surface area contributed by atoms with E-state index in [9.17, 15) is 14.4 Å². The van der Waals surface area contributed by atoms with Crippen LogP contribution in [-0.4, -0.2) is 52.8 Å². The molecule has 186 valence electrons. The molecule has 6 nitrogen and oxygen atoms in total. The number of urea groups is 1. The summed E-state index contributed by atoms with van der Waals surface area (Å²) < 4.78 is 0. The summed E-state index contributed by atoms with van der Waals surface area (Å²) in [7, 11) is 2.00. The number of likely N-dealkylation sites (tertiary alicyclic amines) is 1. The summed E-state index contributed by atoms with van der Waals surface area (Å²) in [6.07, 6.45) is 8.07. The van der Waals surface area contributed by atoms with Crippen molar-refractivity contribution in [2.45, 2.75) is 111 Å². The summed E-state index contributed by atoms with van der Waals surface area (Å²) >= 11 is 0. The van der Waals surface area contributed by atoms with E-state index in [1.807, 2.05) is 39.6 Å². The molecule has 6 heteroatoms. The number of carbonyl (C=O) groups is 3. The number of hydrogen-bond acceptors (Lipinski definition) is 3. The van der Waals surface area contributed by atoms with Crippen molar-refractivity contribution in [3.05, 3.63) is 0 Å². The van der Waals surface area contributed by atoms with Crippen LogP contribution in [-0.2, 0) is 9.59 Å². The number of hydrogen-bond donors (Lipinski definition) is 1. The molecule has 7 atom stereocenters. The molecule has 4 amide bonds. The maximum absolute atomic E-state index is 13.8. The van der Waals surface area contributed by atoms with Crippen molar-refractivity contribution in [2.75, 3.05) is 7.05 Å². The van der Waals surface area contributed by atoms with Gasteiger partial charge >= 0.3 is 6.03 Å². The van der Waals surface area contributed by atoms with Crippen LogP contribution in [0.4, 0.5) is 4.79 Å². The molecule has 0 radical (unpaired) electrons. The van der Waals surface area contributed by atoms with E-state index in [0.717, 1.165) is 44.9 Å². The third-order valence-electron chi connectivity index (χ3n) is 10.2. The number of fused-ring (bicyclic) bond motifs is 5. The fraction of sp³-hybridized carbons (Fsp3) is 0.889. The summed E-state index contributed by atoms with van der Waals surface area (Å²) in [5.74, 6) is 2.04. The number of imide groups is 1. The SMILES string of the molecule is CC(C)NC(=O)N(C(=O)C1CC[C@H]2[C@@H]3CCC4N(C)C(=O)CC[C@]4(C)[C@@H]3CC[C@]12C)C(C)C. The van der Waals surface area contributed by atoms with E-state index in [1.165, 1.54) is 4.90 Å². The first-order chi connectivity index (χ1) is 15.4. The van der Waals surface area contributed by atoms with Gasteiger partial charge in [0.25, 0.3) is 0 Å². The Kier molecular flexibility index (Phi) is 6.37. The second kappa shape index (κ2) is 8.57. The molecule has 0 aromatic carbocycles. The van der Waals surface area contributed by atoms with Crippen LogP contribution in [0.2, 0.25) is 0 Å². The van der Waals surface area contributed by atoms with E-state index in [1.54, 1.807) is 0 Å². The molecule has 1 aliphatic heterocycles. The Hall–Kier alpha value is -1.59.